The molecule has 1 N–H and O–H groups in total. The van der Waals surface area contributed by atoms with E-state index in [1.165, 1.54) is 18.2 Å². The Morgan fingerprint density at radius 2 is 1.88 bits per heavy atom. The van der Waals surface area contributed by atoms with E-state index in [1.54, 1.807) is 25.2 Å². The number of carbonyl (C=O) groups excluding carboxylic acids is 1. The summed E-state index contributed by atoms with van der Waals surface area (Å²) >= 11 is 0. The molecule has 0 aromatic heterocycles. The van der Waals surface area contributed by atoms with Gasteiger partial charge in [-0.05, 0) is 26.0 Å². The molecule has 0 aliphatic carbocycles. The molecule has 17 heavy (non-hydrogen) atoms. The third kappa shape index (κ3) is 3.97. The predicted molar refractivity (Wildman–Crippen MR) is 56.9 cm³/mol. The summed E-state index contributed by atoms with van der Waals surface area (Å²) in [6, 6.07) is 5.97. The molecule has 0 saturated carbocycles. The molecule has 0 aliphatic rings. The predicted octanol–water partition coefficient (Wildman–Crippen LogP) is 2.97. The lowest BCUT2D eigenvalue weighted by Crippen LogP contribution is -2.30. The lowest BCUT2D eigenvalue weighted by molar-refractivity contribution is -0.167. The second kappa shape index (κ2) is 5.07. The van der Waals surface area contributed by atoms with Crippen LogP contribution in [-0.4, -0.2) is 18.2 Å². The smallest absolute Gasteiger partial charge is 0.471 e. The number of benzene rings is 1. The Labute approximate surface area is 96.6 Å². The van der Waals surface area contributed by atoms with E-state index in [1.807, 2.05) is 0 Å². The van der Waals surface area contributed by atoms with Gasteiger partial charge in [-0.25, -0.2) is 0 Å². The van der Waals surface area contributed by atoms with E-state index in [-0.39, 0.29) is 17.5 Å². The average molecular weight is 247 g/mol. The maximum atomic E-state index is 12.1. The van der Waals surface area contributed by atoms with Gasteiger partial charge in [-0.2, -0.15) is 13.2 Å². The number of hydrogen-bond donors (Lipinski definition) is 1. The minimum absolute atomic E-state index is 0.00326. The molecule has 0 spiro atoms. The van der Waals surface area contributed by atoms with Crippen LogP contribution in [0.2, 0.25) is 0 Å². The highest BCUT2D eigenvalue weighted by Crippen LogP contribution is 2.27. The van der Waals surface area contributed by atoms with Crippen molar-refractivity contribution in [2.24, 2.45) is 0 Å². The fraction of sp³-hybridized carbons (Fsp3) is 0.364. The van der Waals surface area contributed by atoms with Crippen molar-refractivity contribution < 1.29 is 22.7 Å². The van der Waals surface area contributed by atoms with Crippen LogP contribution in [0.5, 0.6) is 5.75 Å². The number of para-hydroxylation sites is 2. The normalized spacial score (nSPS) is 11.4. The van der Waals surface area contributed by atoms with Crippen molar-refractivity contribution in [1.82, 2.24) is 0 Å². The fourth-order valence-electron chi connectivity index (χ4n) is 1.12. The van der Waals surface area contributed by atoms with Gasteiger partial charge < -0.3 is 10.1 Å². The van der Waals surface area contributed by atoms with E-state index >= 15 is 0 Å². The first-order chi connectivity index (χ1) is 7.80. The number of nitrogens with one attached hydrogen (secondary N) is 1. The van der Waals surface area contributed by atoms with Gasteiger partial charge in [-0.15, -0.1) is 0 Å². The van der Waals surface area contributed by atoms with Crippen molar-refractivity contribution in [3.05, 3.63) is 24.3 Å². The zero-order chi connectivity index (χ0) is 13.1. The monoisotopic (exact) mass is 247 g/mol. The summed E-state index contributed by atoms with van der Waals surface area (Å²) in [5.41, 5.74) is 0.00326. The van der Waals surface area contributed by atoms with E-state index in [2.05, 4.69) is 0 Å². The van der Waals surface area contributed by atoms with Crippen LogP contribution in [0, 0.1) is 0 Å². The van der Waals surface area contributed by atoms with Gasteiger partial charge in [0.25, 0.3) is 0 Å². The van der Waals surface area contributed by atoms with Crippen molar-refractivity contribution in [1.29, 1.82) is 0 Å². The fourth-order valence-corrected chi connectivity index (χ4v) is 1.12. The van der Waals surface area contributed by atoms with Crippen LogP contribution in [0.4, 0.5) is 18.9 Å². The summed E-state index contributed by atoms with van der Waals surface area (Å²) in [6.07, 6.45) is -5.11. The van der Waals surface area contributed by atoms with Crippen LogP contribution in [0.25, 0.3) is 0 Å². The zero-order valence-corrected chi connectivity index (χ0v) is 9.34. The molecule has 3 nitrogen and oxygen atoms in total. The van der Waals surface area contributed by atoms with Crippen LogP contribution in [-0.2, 0) is 4.79 Å². The number of carbonyl (C=O) groups is 1. The number of anilines is 1. The maximum Gasteiger partial charge on any atom is 0.471 e. The Hall–Kier alpha value is -1.72. The molecular formula is C11H12F3NO2. The highest BCUT2D eigenvalue weighted by Gasteiger charge is 2.39. The summed E-state index contributed by atoms with van der Waals surface area (Å²) in [7, 11) is 0. The van der Waals surface area contributed by atoms with Crippen molar-refractivity contribution >= 4 is 11.6 Å². The number of rotatable bonds is 3. The van der Waals surface area contributed by atoms with Crippen molar-refractivity contribution in [2.75, 3.05) is 5.32 Å². The Morgan fingerprint density at radius 1 is 1.29 bits per heavy atom. The number of halogens is 3. The van der Waals surface area contributed by atoms with Gasteiger partial charge in [0, 0.05) is 0 Å². The van der Waals surface area contributed by atoms with Crippen LogP contribution >= 0.6 is 0 Å². The molecule has 0 saturated heterocycles. The molecule has 0 radical (unpaired) electrons. The minimum Gasteiger partial charge on any atom is -0.489 e. The van der Waals surface area contributed by atoms with Crippen molar-refractivity contribution in [2.45, 2.75) is 26.1 Å². The molecule has 0 unspecified atom stereocenters. The summed E-state index contributed by atoms with van der Waals surface area (Å²) in [5.74, 6) is -1.81. The Bertz CT molecular complexity index is 402. The summed E-state index contributed by atoms with van der Waals surface area (Å²) in [6.45, 7) is 3.48. The number of hydrogen-bond acceptors (Lipinski definition) is 2. The van der Waals surface area contributed by atoms with E-state index in [9.17, 15) is 18.0 Å². The third-order valence-electron chi connectivity index (χ3n) is 1.76. The molecule has 94 valence electrons. The van der Waals surface area contributed by atoms with Gasteiger partial charge in [0.1, 0.15) is 5.75 Å². The van der Waals surface area contributed by atoms with Crippen molar-refractivity contribution in [3.8, 4) is 5.75 Å². The third-order valence-corrected chi connectivity index (χ3v) is 1.76. The molecule has 1 rings (SSSR count). The molecule has 0 bridgehead atoms. The zero-order valence-electron chi connectivity index (χ0n) is 9.34. The van der Waals surface area contributed by atoms with Crippen molar-refractivity contribution in [3.63, 3.8) is 0 Å². The summed E-state index contributed by atoms with van der Waals surface area (Å²) in [4.78, 5) is 10.8. The SMILES string of the molecule is CC(C)Oc1ccccc1NC(=O)C(F)(F)F. The average Bonchev–Trinajstić information content (AvgIpc) is 2.18. The van der Waals surface area contributed by atoms with Gasteiger partial charge in [0.2, 0.25) is 0 Å². The standard InChI is InChI=1S/C11H12F3NO2/c1-7(2)17-9-6-4-3-5-8(9)15-10(16)11(12,13)14/h3-7H,1-2H3,(H,15,16). The molecule has 0 fully saturated rings. The molecule has 0 heterocycles. The highest BCUT2D eigenvalue weighted by atomic mass is 19.4. The lowest BCUT2D eigenvalue weighted by atomic mass is 10.3. The Kier molecular flexibility index (Phi) is 3.98. The minimum atomic E-state index is -4.91. The van der Waals surface area contributed by atoms with Gasteiger partial charge in [-0.1, -0.05) is 12.1 Å². The molecule has 1 amide bonds. The largest absolute Gasteiger partial charge is 0.489 e. The van der Waals surface area contributed by atoms with E-state index in [0.717, 1.165) is 0 Å². The van der Waals surface area contributed by atoms with E-state index < -0.39 is 12.1 Å². The molecule has 1 aromatic carbocycles. The number of ether oxygens (including phenoxy) is 1. The molecule has 6 heteroatoms. The molecular weight excluding hydrogens is 235 g/mol. The Balaban J connectivity index is 2.87. The molecule has 0 atom stereocenters. The Morgan fingerprint density at radius 3 is 2.41 bits per heavy atom. The van der Waals surface area contributed by atoms with Gasteiger partial charge in [0.05, 0.1) is 11.8 Å². The number of alkyl halides is 3. The first-order valence-corrected chi connectivity index (χ1v) is 4.94. The quantitative estimate of drug-likeness (QED) is 0.891. The van der Waals surface area contributed by atoms with Gasteiger partial charge >= 0.3 is 12.1 Å². The molecule has 1 aromatic rings. The maximum absolute atomic E-state index is 12.1. The van der Waals surface area contributed by atoms with Crippen LogP contribution in [0.15, 0.2) is 24.3 Å². The van der Waals surface area contributed by atoms with Gasteiger partial charge in [-0.3, -0.25) is 4.79 Å². The second-order valence-electron chi connectivity index (χ2n) is 3.61. The van der Waals surface area contributed by atoms with Crippen LogP contribution in [0.1, 0.15) is 13.8 Å². The van der Waals surface area contributed by atoms with Crippen LogP contribution < -0.4 is 10.1 Å². The topological polar surface area (TPSA) is 38.3 Å². The first kappa shape index (κ1) is 13.3. The van der Waals surface area contributed by atoms with Gasteiger partial charge in [0.15, 0.2) is 0 Å². The number of amides is 1. The first-order valence-electron chi connectivity index (χ1n) is 4.94. The lowest BCUT2D eigenvalue weighted by Gasteiger charge is -2.15. The second-order valence-corrected chi connectivity index (χ2v) is 3.61. The summed E-state index contributed by atoms with van der Waals surface area (Å²) in [5, 5.41) is 1.77. The van der Waals surface area contributed by atoms with E-state index in [0.29, 0.717) is 0 Å². The van der Waals surface area contributed by atoms with Crippen LogP contribution in [0.3, 0.4) is 0 Å². The molecule has 0 aliphatic heterocycles. The summed E-state index contributed by atoms with van der Waals surface area (Å²) < 4.78 is 41.5. The highest BCUT2D eigenvalue weighted by molar-refractivity contribution is 5.96. The van der Waals surface area contributed by atoms with E-state index in [4.69, 9.17) is 4.74 Å².